The molecule has 3 rings (SSSR count). The van der Waals surface area contributed by atoms with Crippen molar-refractivity contribution in [1.29, 1.82) is 5.26 Å². The molecule has 0 bridgehead atoms. The molecule has 0 aliphatic heterocycles. The van der Waals surface area contributed by atoms with Gasteiger partial charge in [-0.1, -0.05) is 6.07 Å². The number of aromatic hydroxyl groups is 2. The summed E-state index contributed by atoms with van der Waals surface area (Å²) < 4.78 is 0. The largest absolute Gasteiger partial charge is 0.494 e. The maximum atomic E-state index is 9.68. The first-order valence-electron chi connectivity index (χ1n) is 5.31. The molecule has 1 aromatic carbocycles. The zero-order valence-electron chi connectivity index (χ0n) is 9.23. The van der Waals surface area contributed by atoms with Gasteiger partial charge < -0.3 is 15.2 Å². The van der Waals surface area contributed by atoms with E-state index >= 15 is 0 Å². The molecule has 2 heterocycles. The highest BCUT2D eigenvalue weighted by Gasteiger charge is 2.13. The molecule has 88 valence electrons. The molecule has 0 saturated carbocycles. The third-order valence-electron chi connectivity index (χ3n) is 2.88. The van der Waals surface area contributed by atoms with E-state index in [1.54, 1.807) is 18.3 Å². The second-order valence-electron chi connectivity index (χ2n) is 3.99. The summed E-state index contributed by atoms with van der Waals surface area (Å²) in [7, 11) is 0. The van der Waals surface area contributed by atoms with Gasteiger partial charge in [0.15, 0.2) is 11.8 Å². The number of aromatic amines is 2. The van der Waals surface area contributed by atoms with E-state index in [-0.39, 0.29) is 11.8 Å². The summed E-state index contributed by atoms with van der Waals surface area (Å²) in [4.78, 5) is 5.47. The Morgan fingerprint density at radius 1 is 1.11 bits per heavy atom. The van der Waals surface area contributed by atoms with Crippen LogP contribution in [0.4, 0.5) is 0 Å². The molecule has 0 aliphatic carbocycles. The first kappa shape index (κ1) is 10.3. The summed E-state index contributed by atoms with van der Waals surface area (Å²) in [5.41, 5.74) is 2.66. The molecule has 3 aromatic rings. The Labute approximate surface area is 102 Å². The lowest BCUT2D eigenvalue weighted by Crippen LogP contribution is -1.75. The normalized spacial score (nSPS) is 10.6. The zero-order valence-corrected chi connectivity index (χ0v) is 9.23. The minimum atomic E-state index is -0.0921. The third kappa shape index (κ3) is 1.40. The Hall–Kier alpha value is -2.87. The molecule has 5 heteroatoms. The quantitative estimate of drug-likeness (QED) is 0.525. The van der Waals surface area contributed by atoms with Gasteiger partial charge in [-0.05, 0) is 12.1 Å². The summed E-state index contributed by atoms with van der Waals surface area (Å²) in [5.74, 6) is -0.178. The van der Waals surface area contributed by atoms with Crippen molar-refractivity contribution in [2.24, 2.45) is 0 Å². The molecule has 0 radical (unpaired) electrons. The second-order valence-corrected chi connectivity index (χ2v) is 3.99. The summed E-state index contributed by atoms with van der Waals surface area (Å²) in [6.45, 7) is 0. The van der Waals surface area contributed by atoms with Gasteiger partial charge in [-0.15, -0.1) is 0 Å². The van der Waals surface area contributed by atoms with Crippen molar-refractivity contribution in [2.45, 2.75) is 0 Å². The highest BCUT2D eigenvalue weighted by molar-refractivity contribution is 5.97. The van der Waals surface area contributed by atoms with Crippen molar-refractivity contribution in [3.05, 3.63) is 36.0 Å². The maximum Gasteiger partial charge on any atom is 0.199 e. The van der Waals surface area contributed by atoms with Crippen molar-refractivity contribution < 1.29 is 10.2 Å². The van der Waals surface area contributed by atoms with Crippen LogP contribution in [0.5, 0.6) is 11.8 Å². The van der Waals surface area contributed by atoms with E-state index in [4.69, 9.17) is 5.26 Å². The number of aromatic nitrogens is 2. The summed E-state index contributed by atoms with van der Waals surface area (Å²) in [5, 5.41) is 28.7. The van der Waals surface area contributed by atoms with Crippen LogP contribution in [0.1, 0.15) is 5.56 Å². The first-order chi connectivity index (χ1) is 8.69. The number of H-pyrrole nitrogens is 2. The van der Waals surface area contributed by atoms with Gasteiger partial charge in [0, 0.05) is 34.3 Å². The van der Waals surface area contributed by atoms with Gasteiger partial charge in [-0.25, -0.2) is 0 Å². The van der Waals surface area contributed by atoms with Crippen LogP contribution >= 0.6 is 0 Å². The van der Waals surface area contributed by atoms with Crippen LogP contribution in [0, 0.1) is 11.3 Å². The summed E-state index contributed by atoms with van der Waals surface area (Å²) in [6, 6.07) is 8.78. The number of nitriles is 1. The molecule has 0 atom stereocenters. The Morgan fingerprint density at radius 2 is 1.94 bits per heavy atom. The number of rotatable bonds is 1. The average molecular weight is 239 g/mol. The van der Waals surface area contributed by atoms with E-state index in [0.29, 0.717) is 11.1 Å². The predicted octanol–water partition coefficient (Wildman–Crippen LogP) is 2.45. The molecule has 5 nitrogen and oxygen atoms in total. The number of hydrogen-bond donors (Lipinski definition) is 4. The highest BCUT2D eigenvalue weighted by Crippen LogP contribution is 2.36. The fourth-order valence-electron chi connectivity index (χ4n) is 2.05. The van der Waals surface area contributed by atoms with Crippen LogP contribution < -0.4 is 0 Å². The molecule has 0 saturated heterocycles. The molecule has 0 aliphatic rings. The van der Waals surface area contributed by atoms with Gasteiger partial charge >= 0.3 is 0 Å². The van der Waals surface area contributed by atoms with Crippen molar-refractivity contribution in [3.8, 4) is 29.0 Å². The van der Waals surface area contributed by atoms with E-state index in [9.17, 15) is 10.2 Å². The van der Waals surface area contributed by atoms with Crippen LogP contribution in [0.15, 0.2) is 30.5 Å². The van der Waals surface area contributed by atoms with Gasteiger partial charge in [0.25, 0.3) is 0 Å². The van der Waals surface area contributed by atoms with Crippen LogP contribution in [0.2, 0.25) is 0 Å². The highest BCUT2D eigenvalue weighted by atomic mass is 16.3. The number of hydrogen-bond acceptors (Lipinski definition) is 3. The van der Waals surface area contributed by atoms with E-state index in [0.717, 1.165) is 16.5 Å². The maximum absolute atomic E-state index is 9.68. The first-order valence-corrected chi connectivity index (χ1v) is 5.31. The van der Waals surface area contributed by atoms with Crippen LogP contribution in [0.3, 0.4) is 0 Å². The molecule has 0 unspecified atom stereocenters. The van der Waals surface area contributed by atoms with Gasteiger partial charge in [0.05, 0.1) is 11.6 Å². The van der Waals surface area contributed by atoms with Crippen molar-refractivity contribution in [2.75, 3.05) is 0 Å². The standard InChI is InChI=1S/C13H9N3O2/c14-5-7-1-2-8-10(6-15-11(8)3-7)9-4-12(17)16-13(9)18/h1-4,6,15-18H. The lowest BCUT2D eigenvalue weighted by atomic mass is 10.1. The second kappa shape index (κ2) is 3.57. The molecule has 4 N–H and O–H groups in total. The fraction of sp³-hybridized carbons (Fsp3) is 0. The lowest BCUT2D eigenvalue weighted by molar-refractivity contribution is 0.426. The topological polar surface area (TPSA) is 95.8 Å². The molecule has 0 spiro atoms. The van der Waals surface area contributed by atoms with E-state index in [1.165, 1.54) is 6.07 Å². The monoisotopic (exact) mass is 239 g/mol. The molecule has 0 fully saturated rings. The van der Waals surface area contributed by atoms with Gasteiger partial charge in [-0.3, -0.25) is 4.98 Å². The van der Waals surface area contributed by atoms with Crippen LogP contribution in [-0.2, 0) is 0 Å². The third-order valence-corrected chi connectivity index (χ3v) is 2.88. The van der Waals surface area contributed by atoms with Crippen LogP contribution in [0.25, 0.3) is 22.0 Å². The minimum Gasteiger partial charge on any atom is -0.494 e. The van der Waals surface area contributed by atoms with E-state index in [1.807, 2.05) is 6.07 Å². The number of nitrogens with zero attached hydrogens (tertiary/aromatic N) is 1. The van der Waals surface area contributed by atoms with Gasteiger partial charge in [0.2, 0.25) is 0 Å². The van der Waals surface area contributed by atoms with E-state index < -0.39 is 0 Å². The minimum absolute atomic E-state index is 0.0854. The molecule has 18 heavy (non-hydrogen) atoms. The van der Waals surface area contributed by atoms with E-state index in [2.05, 4.69) is 16.0 Å². The van der Waals surface area contributed by atoms with Gasteiger partial charge in [-0.2, -0.15) is 5.26 Å². The van der Waals surface area contributed by atoms with Crippen LogP contribution in [-0.4, -0.2) is 20.2 Å². The summed E-state index contributed by atoms with van der Waals surface area (Å²) >= 11 is 0. The fourth-order valence-corrected chi connectivity index (χ4v) is 2.05. The number of benzene rings is 1. The Bertz CT molecular complexity index is 777. The Balaban J connectivity index is 2.25. The molecule has 2 aromatic heterocycles. The summed E-state index contributed by atoms with van der Waals surface area (Å²) in [6.07, 6.45) is 1.73. The Morgan fingerprint density at radius 3 is 2.61 bits per heavy atom. The zero-order chi connectivity index (χ0) is 12.7. The van der Waals surface area contributed by atoms with Crippen molar-refractivity contribution >= 4 is 10.9 Å². The molecular formula is C13H9N3O2. The predicted molar refractivity (Wildman–Crippen MR) is 66.1 cm³/mol. The number of nitrogens with one attached hydrogen (secondary N) is 2. The van der Waals surface area contributed by atoms with Gasteiger partial charge in [0.1, 0.15) is 0 Å². The molecular weight excluding hydrogens is 230 g/mol. The smallest absolute Gasteiger partial charge is 0.199 e. The average Bonchev–Trinajstić information content (AvgIpc) is 2.91. The lowest BCUT2D eigenvalue weighted by Gasteiger charge is -1.97. The SMILES string of the molecule is N#Cc1ccc2c(-c3cc(O)[nH]c3O)c[nH]c2c1. The number of fused-ring (bicyclic) bond motifs is 1. The molecule has 0 amide bonds. The Kier molecular flexibility index (Phi) is 2.04. The van der Waals surface area contributed by atoms with Crippen molar-refractivity contribution in [1.82, 2.24) is 9.97 Å². The van der Waals surface area contributed by atoms with Crippen molar-refractivity contribution in [3.63, 3.8) is 0 Å².